The molecule has 0 amide bonds. The third kappa shape index (κ3) is 4.78. The van der Waals surface area contributed by atoms with Crippen molar-refractivity contribution >= 4 is 0 Å². The summed E-state index contributed by atoms with van der Waals surface area (Å²) in [5.74, 6) is 2.14. The van der Waals surface area contributed by atoms with E-state index in [-0.39, 0.29) is 6.10 Å². The van der Waals surface area contributed by atoms with Crippen LogP contribution in [0.15, 0.2) is 4.52 Å². The van der Waals surface area contributed by atoms with Crippen LogP contribution in [0.25, 0.3) is 0 Å². The van der Waals surface area contributed by atoms with Crippen LogP contribution < -0.4 is 5.32 Å². The Hall–Kier alpha value is -0.940. The lowest BCUT2D eigenvalue weighted by Gasteiger charge is -2.23. The highest BCUT2D eigenvalue weighted by Crippen LogP contribution is 2.29. The van der Waals surface area contributed by atoms with Gasteiger partial charge in [0.2, 0.25) is 5.89 Å². The predicted octanol–water partition coefficient (Wildman–Crippen LogP) is 3.27. The molecular weight excluding hydrogens is 266 g/mol. The standard InChI is InChI=1S/C16H29N3O2/c1-4-10-17-14(13-8-6-7-9-13)11-15-18-16(19-21-15)12(3)20-5-2/h12-14,17H,4-11H2,1-3H3. The number of nitrogens with zero attached hydrogens (tertiary/aromatic N) is 2. The Bertz CT molecular complexity index is 402. The second-order valence-electron chi connectivity index (χ2n) is 5.95. The predicted molar refractivity (Wildman–Crippen MR) is 82.1 cm³/mol. The molecule has 5 heteroatoms. The van der Waals surface area contributed by atoms with Crippen molar-refractivity contribution in [3.63, 3.8) is 0 Å². The van der Waals surface area contributed by atoms with Crippen molar-refractivity contribution in [1.82, 2.24) is 15.5 Å². The van der Waals surface area contributed by atoms with Crippen molar-refractivity contribution < 1.29 is 9.26 Å². The summed E-state index contributed by atoms with van der Waals surface area (Å²) in [6.07, 6.45) is 7.23. The summed E-state index contributed by atoms with van der Waals surface area (Å²) in [5.41, 5.74) is 0. The second-order valence-corrected chi connectivity index (χ2v) is 5.95. The first-order valence-corrected chi connectivity index (χ1v) is 8.42. The molecule has 120 valence electrons. The highest BCUT2D eigenvalue weighted by molar-refractivity contribution is 4.94. The van der Waals surface area contributed by atoms with E-state index in [9.17, 15) is 0 Å². The summed E-state index contributed by atoms with van der Waals surface area (Å²) < 4.78 is 10.9. The van der Waals surface area contributed by atoms with Gasteiger partial charge < -0.3 is 14.6 Å². The molecule has 0 saturated heterocycles. The zero-order valence-corrected chi connectivity index (χ0v) is 13.6. The quantitative estimate of drug-likeness (QED) is 0.757. The lowest BCUT2D eigenvalue weighted by molar-refractivity contribution is 0.0683. The molecule has 1 aromatic rings. The van der Waals surface area contributed by atoms with Gasteiger partial charge in [-0.05, 0) is 45.6 Å². The fraction of sp³-hybridized carbons (Fsp3) is 0.875. The summed E-state index contributed by atoms with van der Waals surface area (Å²) >= 11 is 0. The Balaban J connectivity index is 1.95. The number of nitrogens with one attached hydrogen (secondary N) is 1. The van der Waals surface area contributed by atoms with Crippen LogP contribution in [-0.4, -0.2) is 29.3 Å². The van der Waals surface area contributed by atoms with E-state index in [1.807, 2.05) is 13.8 Å². The Kier molecular flexibility index (Phi) is 6.64. The van der Waals surface area contributed by atoms with E-state index < -0.39 is 0 Å². The Labute approximate surface area is 127 Å². The highest BCUT2D eigenvalue weighted by Gasteiger charge is 2.26. The minimum absolute atomic E-state index is 0.0963. The lowest BCUT2D eigenvalue weighted by Crippen LogP contribution is -2.37. The van der Waals surface area contributed by atoms with Crippen LogP contribution in [0.5, 0.6) is 0 Å². The van der Waals surface area contributed by atoms with E-state index in [0.29, 0.717) is 18.5 Å². The summed E-state index contributed by atoms with van der Waals surface area (Å²) in [4.78, 5) is 4.51. The molecule has 1 aromatic heterocycles. The molecule has 1 saturated carbocycles. The highest BCUT2D eigenvalue weighted by atomic mass is 16.5. The number of aromatic nitrogens is 2. The van der Waals surface area contributed by atoms with Crippen molar-refractivity contribution in [2.75, 3.05) is 13.2 Å². The molecule has 2 rings (SSSR count). The van der Waals surface area contributed by atoms with Gasteiger partial charge in [-0.2, -0.15) is 4.98 Å². The first kappa shape index (κ1) is 16.4. The Morgan fingerprint density at radius 2 is 2.10 bits per heavy atom. The number of hydrogen-bond acceptors (Lipinski definition) is 5. The molecule has 2 unspecified atom stereocenters. The Morgan fingerprint density at radius 3 is 2.76 bits per heavy atom. The molecule has 0 aromatic carbocycles. The zero-order valence-electron chi connectivity index (χ0n) is 13.6. The maximum absolute atomic E-state index is 5.51. The van der Waals surface area contributed by atoms with Crippen molar-refractivity contribution in [2.24, 2.45) is 5.92 Å². The SMILES string of the molecule is CCCNC(Cc1nc(C(C)OCC)no1)C1CCCC1. The van der Waals surface area contributed by atoms with E-state index in [4.69, 9.17) is 9.26 Å². The van der Waals surface area contributed by atoms with Gasteiger partial charge in [0.05, 0.1) is 0 Å². The van der Waals surface area contributed by atoms with Gasteiger partial charge >= 0.3 is 0 Å². The van der Waals surface area contributed by atoms with Gasteiger partial charge in [0, 0.05) is 19.1 Å². The average molecular weight is 295 g/mol. The van der Waals surface area contributed by atoms with Gasteiger partial charge in [-0.15, -0.1) is 0 Å². The molecule has 1 heterocycles. The second kappa shape index (κ2) is 8.49. The minimum atomic E-state index is -0.0963. The van der Waals surface area contributed by atoms with Crippen LogP contribution in [0, 0.1) is 5.92 Å². The molecule has 1 aliphatic rings. The van der Waals surface area contributed by atoms with E-state index in [0.717, 1.165) is 31.2 Å². The molecule has 1 fully saturated rings. The van der Waals surface area contributed by atoms with Crippen molar-refractivity contribution in [3.05, 3.63) is 11.7 Å². The molecule has 0 radical (unpaired) electrons. The van der Waals surface area contributed by atoms with Crippen molar-refractivity contribution in [2.45, 2.75) is 71.4 Å². The summed E-state index contributed by atoms with van der Waals surface area (Å²) in [6.45, 7) is 7.85. The molecule has 21 heavy (non-hydrogen) atoms. The number of ether oxygens (including phenoxy) is 1. The van der Waals surface area contributed by atoms with E-state index in [2.05, 4.69) is 22.4 Å². The van der Waals surface area contributed by atoms with Crippen molar-refractivity contribution in [1.29, 1.82) is 0 Å². The smallest absolute Gasteiger partial charge is 0.228 e. The summed E-state index contributed by atoms with van der Waals surface area (Å²) in [7, 11) is 0. The van der Waals surface area contributed by atoms with E-state index >= 15 is 0 Å². The molecule has 5 nitrogen and oxygen atoms in total. The number of hydrogen-bond donors (Lipinski definition) is 1. The molecule has 1 N–H and O–H groups in total. The van der Waals surface area contributed by atoms with Crippen LogP contribution in [0.3, 0.4) is 0 Å². The van der Waals surface area contributed by atoms with Crippen LogP contribution >= 0.6 is 0 Å². The molecule has 0 bridgehead atoms. The van der Waals surface area contributed by atoms with Gasteiger partial charge in [0.1, 0.15) is 6.10 Å². The minimum Gasteiger partial charge on any atom is -0.371 e. The normalized spacial score (nSPS) is 19.0. The first-order valence-electron chi connectivity index (χ1n) is 8.42. The van der Waals surface area contributed by atoms with Gasteiger partial charge in [0.15, 0.2) is 5.82 Å². The maximum atomic E-state index is 5.51. The van der Waals surface area contributed by atoms with Gasteiger partial charge in [-0.1, -0.05) is 24.9 Å². The Morgan fingerprint density at radius 1 is 1.33 bits per heavy atom. The topological polar surface area (TPSA) is 60.2 Å². The maximum Gasteiger partial charge on any atom is 0.228 e. The first-order chi connectivity index (χ1) is 10.2. The van der Waals surface area contributed by atoms with Crippen LogP contribution in [0.2, 0.25) is 0 Å². The molecule has 2 atom stereocenters. The van der Waals surface area contributed by atoms with Crippen LogP contribution in [0.4, 0.5) is 0 Å². The van der Waals surface area contributed by atoms with Gasteiger partial charge in [-0.3, -0.25) is 0 Å². The lowest BCUT2D eigenvalue weighted by atomic mass is 9.95. The third-order valence-electron chi connectivity index (χ3n) is 4.28. The molecule has 0 aliphatic heterocycles. The van der Waals surface area contributed by atoms with Crippen molar-refractivity contribution in [3.8, 4) is 0 Å². The van der Waals surface area contributed by atoms with Gasteiger partial charge in [-0.25, -0.2) is 0 Å². The largest absolute Gasteiger partial charge is 0.371 e. The van der Waals surface area contributed by atoms with Crippen LogP contribution in [0.1, 0.15) is 70.7 Å². The molecule has 0 spiro atoms. The van der Waals surface area contributed by atoms with Gasteiger partial charge in [0.25, 0.3) is 0 Å². The summed E-state index contributed by atoms with van der Waals surface area (Å²) in [6, 6.07) is 0.461. The monoisotopic (exact) mass is 295 g/mol. The average Bonchev–Trinajstić information content (AvgIpc) is 3.15. The molecular formula is C16H29N3O2. The summed E-state index contributed by atoms with van der Waals surface area (Å²) in [5, 5.41) is 7.72. The van der Waals surface area contributed by atoms with E-state index in [1.165, 1.54) is 25.7 Å². The van der Waals surface area contributed by atoms with Crippen LogP contribution in [-0.2, 0) is 11.2 Å². The zero-order chi connectivity index (χ0) is 15.1. The van der Waals surface area contributed by atoms with E-state index in [1.54, 1.807) is 0 Å². The number of rotatable bonds is 9. The molecule has 1 aliphatic carbocycles. The third-order valence-corrected chi connectivity index (χ3v) is 4.28. The fourth-order valence-corrected chi connectivity index (χ4v) is 3.12. The fourth-order valence-electron chi connectivity index (χ4n) is 3.12.